The molecular formula is C13H16Br2O6. The van der Waals surface area contributed by atoms with E-state index < -0.39 is 10.8 Å². The summed E-state index contributed by atoms with van der Waals surface area (Å²) in [5, 5.41) is 0. The summed E-state index contributed by atoms with van der Waals surface area (Å²) < 4.78 is 25.9. The van der Waals surface area contributed by atoms with Crippen molar-refractivity contribution >= 4 is 37.8 Å². The van der Waals surface area contributed by atoms with Gasteiger partial charge < -0.3 is 23.7 Å². The van der Waals surface area contributed by atoms with Crippen LogP contribution >= 0.6 is 31.9 Å². The van der Waals surface area contributed by atoms with Gasteiger partial charge in [-0.05, 0) is 27.6 Å². The fraction of sp³-hybridized carbons (Fsp3) is 0.462. The molecule has 0 bridgehead atoms. The fourth-order valence-electron chi connectivity index (χ4n) is 1.45. The molecule has 0 saturated carbocycles. The van der Waals surface area contributed by atoms with E-state index in [1.807, 2.05) is 0 Å². The topological polar surface area (TPSA) is 63.2 Å². The zero-order valence-corrected chi connectivity index (χ0v) is 15.0. The summed E-state index contributed by atoms with van der Waals surface area (Å²) in [6.07, 6.45) is 0. The Hall–Kier alpha value is -0.830. The van der Waals surface area contributed by atoms with Crippen molar-refractivity contribution in [2.24, 2.45) is 0 Å². The van der Waals surface area contributed by atoms with Crippen LogP contribution in [-0.4, -0.2) is 40.9 Å². The molecule has 1 atom stereocenters. The monoisotopic (exact) mass is 426 g/mol. The standard InChI is InChI=1S/C13H16Br2O6/c1-17-6-20-8-4-9(12(15)13(16)19-3)11(14)10(5-8)21-7-18-2/h4-5,12H,6-7H2,1-3H3. The molecule has 0 aliphatic rings. The number of carbonyl (C=O) groups is 1. The van der Waals surface area contributed by atoms with Crippen LogP contribution in [0.2, 0.25) is 0 Å². The van der Waals surface area contributed by atoms with Gasteiger partial charge in [0.25, 0.3) is 0 Å². The Kier molecular flexibility index (Phi) is 8.02. The SMILES string of the molecule is COCOc1cc(OCOC)c(Br)c(C(Br)C(=O)OC)c1. The van der Waals surface area contributed by atoms with Crippen LogP contribution in [0.25, 0.3) is 0 Å². The van der Waals surface area contributed by atoms with Gasteiger partial charge >= 0.3 is 5.97 Å². The van der Waals surface area contributed by atoms with Crippen LogP contribution in [0.15, 0.2) is 16.6 Å². The summed E-state index contributed by atoms with van der Waals surface area (Å²) >= 11 is 6.70. The molecule has 6 nitrogen and oxygen atoms in total. The second-order valence-electron chi connectivity index (χ2n) is 3.81. The van der Waals surface area contributed by atoms with E-state index in [1.165, 1.54) is 21.3 Å². The lowest BCUT2D eigenvalue weighted by atomic mass is 10.1. The number of carbonyl (C=O) groups excluding carboxylic acids is 1. The molecule has 8 heteroatoms. The van der Waals surface area contributed by atoms with Crippen molar-refractivity contribution in [3.8, 4) is 11.5 Å². The Morgan fingerprint density at radius 1 is 1.14 bits per heavy atom. The van der Waals surface area contributed by atoms with Gasteiger partial charge in [0.15, 0.2) is 13.6 Å². The molecule has 1 unspecified atom stereocenters. The number of alkyl halides is 1. The Labute approximate surface area is 139 Å². The van der Waals surface area contributed by atoms with Crippen molar-refractivity contribution < 1.29 is 28.5 Å². The molecule has 0 saturated heterocycles. The highest BCUT2D eigenvalue weighted by Gasteiger charge is 2.23. The van der Waals surface area contributed by atoms with Crippen molar-refractivity contribution in [2.75, 3.05) is 34.9 Å². The average Bonchev–Trinajstić information content (AvgIpc) is 2.50. The summed E-state index contributed by atoms with van der Waals surface area (Å²) in [5.41, 5.74) is 0.613. The van der Waals surface area contributed by atoms with Gasteiger partial charge in [-0.15, -0.1) is 0 Å². The molecule has 0 fully saturated rings. The molecule has 0 aliphatic carbocycles. The van der Waals surface area contributed by atoms with Crippen LogP contribution < -0.4 is 9.47 Å². The molecule has 1 aromatic rings. The molecule has 118 valence electrons. The first-order valence-corrected chi connectivity index (χ1v) is 7.54. The zero-order valence-electron chi connectivity index (χ0n) is 11.9. The number of hydrogen-bond donors (Lipinski definition) is 0. The molecule has 1 aromatic carbocycles. The molecule has 0 aliphatic heterocycles. The fourth-order valence-corrected chi connectivity index (χ4v) is 2.87. The Morgan fingerprint density at radius 2 is 1.76 bits per heavy atom. The maximum Gasteiger partial charge on any atom is 0.324 e. The quantitative estimate of drug-likeness (QED) is 0.361. The van der Waals surface area contributed by atoms with Crippen molar-refractivity contribution in [3.05, 3.63) is 22.2 Å². The van der Waals surface area contributed by atoms with Crippen molar-refractivity contribution in [3.63, 3.8) is 0 Å². The summed E-state index contributed by atoms with van der Waals surface area (Å²) in [6, 6.07) is 3.36. The number of halogens is 2. The first-order valence-electron chi connectivity index (χ1n) is 5.84. The highest BCUT2D eigenvalue weighted by atomic mass is 79.9. The molecular weight excluding hydrogens is 412 g/mol. The van der Waals surface area contributed by atoms with E-state index in [2.05, 4.69) is 31.9 Å². The summed E-state index contributed by atoms with van der Waals surface area (Å²) in [5.74, 6) is 0.542. The third-order valence-electron chi connectivity index (χ3n) is 2.40. The van der Waals surface area contributed by atoms with Crippen LogP contribution in [0.1, 0.15) is 10.4 Å². The van der Waals surface area contributed by atoms with Crippen molar-refractivity contribution in [2.45, 2.75) is 4.83 Å². The predicted octanol–water partition coefficient (Wildman–Crippen LogP) is 3.02. The lowest BCUT2D eigenvalue weighted by Crippen LogP contribution is -2.10. The lowest BCUT2D eigenvalue weighted by molar-refractivity contribution is -0.139. The van der Waals surface area contributed by atoms with E-state index in [4.69, 9.17) is 23.7 Å². The third kappa shape index (κ3) is 5.14. The summed E-state index contributed by atoms with van der Waals surface area (Å²) in [4.78, 5) is 11.0. The number of methoxy groups -OCH3 is 3. The largest absolute Gasteiger partial charge is 0.468 e. The number of esters is 1. The van der Waals surface area contributed by atoms with Gasteiger partial charge in [0, 0.05) is 20.3 Å². The highest BCUT2D eigenvalue weighted by molar-refractivity contribution is 9.11. The van der Waals surface area contributed by atoms with Gasteiger partial charge in [-0.1, -0.05) is 15.9 Å². The minimum atomic E-state index is -0.659. The van der Waals surface area contributed by atoms with Crippen molar-refractivity contribution in [1.82, 2.24) is 0 Å². The zero-order chi connectivity index (χ0) is 15.8. The summed E-state index contributed by atoms with van der Waals surface area (Å²) in [7, 11) is 4.35. The molecule has 0 heterocycles. The van der Waals surface area contributed by atoms with Gasteiger partial charge in [0.05, 0.1) is 11.6 Å². The van der Waals surface area contributed by atoms with Gasteiger partial charge in [-0.2, -0.15) is 0 Å². The molecule has 0 amide bonds. The summed E-state index contributed by atoms with van der Waals surface area (Å²) in [6.45, 7) is 0.146. The highest BCUT2D eigenvalue weighted by Crippen LogP contribution is 2.40. The van der Waals surface area contributed by atoms with Gasteiger partial charge in [0.1, 0.15) is 16.3 Å². The van der Waals surface area contributed by atoms with E-state index in [0.717, 1.165) is 0 Å². The van der Waals surface area contributed by atoms with Crippen LogP contribution in [0.5, 0.6) is 11.5 Å². The third-order valence-corrected chi connectivity index (χ3v) is 4.11. The smallest absolute Gasteiger partial charge is 0.324 e. The van der Waals surface area contributed by atoms with E-state index in [-0.39, 0.29) is 13.6 Å². The minimum absolute atomic E-state index is 0.0664. The second-order valence-corrected chi connectivity index (χ2v) is 5.52. The van der Waals surface area contributed by atoms with E-state index in [1.54, 1.807) is 12.1 Å². The second kappa shape index (κ2) is 9.24. The van der Waals surface area contributed by atoms with Gasteiger partial charge in [-0.25, -0.2) is 0 Å². The van der Waals surface area contributed by atoms with Gasteiger partial charge in [-0.3, -0.25) is 4.79 Å². The van der Waals surface area contributed by atoms with Crippen LogP contribution in [0, 0.1) is 0 Å². The lowest BCUT2D eigenvalue weighted by Gasteiger charge is -2.16. The average molecular weight is 428 g/mol. The molecule has 0 radical (unpaired) electrons. The predicted molar refractivity (Wildman–Crippen MR) is 82.8 cm³/mol. The maximum atomic E-state index is 11.7. The van der Waals surface area contributed by atoms with Crippen molar-refractivity contribution in [1.29, 1.82) is 0 Å². The van der Waals surface area contributed by atoms with E-state index in [9.17, 15) is 4.79 Å². The Morgan fingerprint density at radius 3 is 2.33 bits per heavy atom. The Bertz CT molecular complexity index is 480. The molecule has 0 spiro atoms. The number of benzene rings is 1. The van der Waals surface area contributed by atoms with Gasteiger partial charge in [0.2, 0.25) is 0 Å². The normalized spacial score (nSPS) is 11.9. The van der Waals surface area contributed by atoms with E-state index >= 15 is 0 Å². The number of rotatable bonds is 8. The molecule has 1 rings (SSSR count). The number of ether oxygens (including phenoxy) is 5. The Balaban J connectivity index is 3.16. The maximum absolute atomic E-state index is 11.7. The van der Waals surface area contributed by atoms with Crippen LogP contribution in [0.3, 0.4) is 0 Å². The minimum Gasteiger partial charge on any atom is -0.468 e. The number of hydrogen-bond acceptors (Lipinski definition) is 6. The van der Waals surface area contributed by atoms with E-state index in [0.29, 0.717) is 21.5 Å². The molecule has 0 aromatic heterocycles. The first kappa shape index (κ1) is 18.2. The first-order chi connectivity index (χ1) is 10.0. The molecule has 0 N–H and O–H groups in total. The van der Waals surface area contributed by atoms with Crippen LogP contribution in [0.4, 0.5) is 0 Å². The van der Waals surface area contributed by atoms with Crippen LogP contribution in [-0.2, 0) is 19.0 Å². The molecule has 21 heavy (non-hydrogen) atoms.